The van der Waals surface area contributed by atoms with Gasteiger partial charge in [0.05, 0.1) is 0 Å². The average molecular weight is 273 g/mol. The first-order chi connectivity index (χ1) is 9.24. The zero-order valence-electron chi connectivity index (χ0n) is 11.9. The molecule has 1 saturated heterocycles. The highest BCUT2D eigenvalue weighted by Gasteiger charge is 2.22. The Labute approximate surface area is 120 Å². The number of thiophene rings is 1. The van der Waals surface area contributed by atoms with E-state index >= 15 is 0 Å². The second-order valence-electron chi connectivity index (χ2n) is 6.14. The van der Waals surface area contributed by atoms with Gasteiger partial charge in [0, 0.05) is 17.8 Å². The molecule has 1 atom stereocenters. The lowest BCUT2D eigenvalue weighted by Crippen LogP contribution is -2.36. The van der Waals surface area contributed by atoms with Crippen LogP contribution in [0.1, 0.15) is 32.3 Å². The van der Waals surface area contributed by atoms with Gasteiger partial charge in [0.2, 0.25) is 0 Å². The first-order valence-electron chi connectivity index (χ1n) is 7.41. The summed E-state index contributed by atoms with van der Waals surface area (Å²) in [5, 5.41) is 3.81. The third-order valence-electron chi connectivity index (χ3n) is 4.44. The van der Waals surface area contributed by atoms with Gasteiger partial charge >= 0.3 is 0 Å². The lowest BCUT2D eigenvalue weighted by Gasteiger charge is -2.34. The first-order valence-corrected chi connectivity index (χ1v) is 8.29. The van der Waals surface area contributed by atoms with Gasteiger partial charge in [-0.05, 0) is 53.6 Å². The van der Waals surface area contributed by atoms with Crippen LogP contribution >= 0.6 is 11.3 Å². The summed E-state index contributed by atoms with van der Waals surface area (Å²) in [6.07, 6.45) is 2.78. The third-order valence-corrected chi connectivity index (χ3v) is 5.45. The van der Waals surface area contributed by atoms with Crippen LogP contribution in [0, 0.1) is 11.8 Å². The van der Waals surface area contributed by atoms with Crippen LogP contribution in [0.5, 0.6) is 0 Å². The van der Waals surface area contributed by atoms with E-state index in [4.69, 9.17) is 0 Å². The minimum absolute atomic E-state index is 0.821. The van der Waals surface area contributed by atoms with Crippen molar-refractivity contribution in [1.82, 2.24) is 4.90 Å². The average Bonchev–Trinajstić information content (AvgIpc) is 2.83. The number of piperidine rings is 1. The van der Waals surface area contributed by atoms with Crippen LogP contribution in [0.15, 0.2) is 29.6 Å². The number of benzene rings is 1. The largest absolute Gasteiger partial charge is 0.299 e. The van der Waals surface area contributed by atoms with Crippen molar-refractivity contribution in [1.29, 1.82) is 0 Å². The van der Waals surface area contributed by atoms with Gasteiger partial charge in [0.15, 0.2) is 0 Å². The highest BCUT2D eigenvalue weighted by molar-refractivity contribution is 7.17. The molecule has 1 aromatic carbocycles. The molecule has 1 aliphatic rings. The molecular weight excluding hydrogens is 250 g/mol. The maximum atomic E-state index is 2.66. The van der Waals surface area contributed by atoms with E-state index in [0.29, 0.717) is 0 Å². The fraction of sp³-hybridized carbons (Fsp3) is 0.529. The normalized spacial score (nSPS) is 21.3. The van der Waals surface area contributed by atoms with E-state index in [1.54, 1.807) is 0 Å². The molecule has 102 valence electrons. The summed E-state index contributed by atoms with van der Waals surface area (Å²) in [6.45, 7) is 8.42. The Bertz CT molecular complexity index is 543. The Kier molecular flexibility index (Phi) is 3.90. The van der Waals surface area contributed by atoms with Gasteiger partial charge < -0.3 is 0 Å². The lowest BCUT2D eigenvalue weighted by molar-refractivity contribution is 0.140. The minimum atomic E-state index is 0.821. The molecule has 0 spiro atoms. The predicted octanol–water partition coefficient (Wildman–Crippen LogP) is 4.77. The zero-order chi connectivity index (χ0) is 13.2. The van der Waals surface area contributed by atoms with Gasteiger partial charge in [-0.1, -0.05) is 32.0 Å². The van der Waals surface area contributed by atoms with E-state index in [1.165, 1.54) is 41.6 Å². The van der Waals surface area contributed by atoms with Gasteiger partial charge in [-0.3, -0.25) is 4.90 Å². The molecule has 2 heteroatoms. The zero-order valence-corrected chi connectivity index (χ0v) is 12.7. The lowest BCUT2D eigenvalue weighted by atomic mass is 9.88. The molecular formula is C17H23NS. The van der Waals surface area contributed by atoms with Gasteiger partial charge in [0.1, 0.15) is 0 Å². The minimum Gasteiger partial charge on any atom is -0.299 e. The molecule has 0 aliphatic carbocycles. The summed E-state index contributed by atoms with van der Waals surface area (Å²) in [7, 11) is 0. The van der Waals surface area contributed by atoms with Crippen molar-refractivity contribution < 1.29 is 0 Å². The van der Waals surface area contributed by atoms with Crippen molar-refractivity contribution >= 4 is 21.4 Å². The summed E-state index contributed by atoms with van der Waals surface area (Å²) < 4.78 is 1.43. The quantitative estimate of drug-likeness (QED) is 0.778. The Morgan fingerprint density at radius 3 is 3.00 bits per heavy atom. The second kappa shape index (κ2) is 5.64. The summed E-state index contributed by atoms with van der Waals surface area (Å²) in [4.78, 5) is 2.66. The van der Waals surface area contributed by atoms with Crippen molar-refractivity contribution in [3.63, 3.8) is 0 Å². The topological polar surface area (TPSA) is 3.24 Å². The third kappa shape index (κ3) is 2.85. The maximum Gasteiger partial charge on any atom is 0.0346 e. The van der Waals surface area contributed by atoms with Crippen molar-refractivity contribution in [2.45, 2.75) is 33.2 Å². The van der Waals surface area contributed by atoms with Crippen LogP contribution in [0.4, 0.5) is 0 Å². The van der Waals surface area contributed by atoms with Gasteiger partial charge in [0.25, 0.3) is 0 Å². The molecule has 3 rings (SSSR count). The fourth-order valence-corrected chi connectivity index (χ4v) is 4.13. The van der Waals surface area contributed by atoms with Crippen LogP contribution in [0.25, 0.3) is 10.1 Å². The summed E-state index contributed by atoms with van der Waals surface area (Å²) in [5.74, 6) is 1.71. The van der Waals surface area contributed by atoms with Gasteiger partial charge in [-0.25, -0.2) is 0 Å². The Balaban J connectivity index is 1.74. The molecule has 0 saturated carbocycles. The summed E-state index contributed by atoms with van der Waals surface area (Å²) in [6, 6.07) is 8.80. The van der Waals surface area contributed by atoms with E-state index in [1.807, 2.05) is 11.3 Å². The number of hydrogen-bond acceptors (Lipinski definition) is 2. The fourth-order valence-electron chi connectivity index (χ4n) is 3.18. The molecule has 0 radical (unpaired) electrons. The van der Waals surface area contributed by atoms with E-state index in [9.17, 15) is 0 Å². The molecule has 19 heavy (non-hydrogen) atoms. The van der Waals surface area contributed by atoms with Gasteiger partial charge in [-0.2, -0.15) is 0 Å². The number of fused-ring (bicyclic) bond motifs is 1. The molecule has 2 heterocycles. The highest BCUT2D eigenvalue weighted by Crippen LogP contribution is 2.29. The number of rotatable bonds is 3. The smallest absolute Gasteiger partial charge is 0.0346 e. The Morgan fingerprint density at radius 2 is 2.16 bits per heavy atom. The van der Waals surface area contributed by atoms with Gasteiger partial charge in [-0.15, -0.1) is 11.3 Å². The van der Waals surface area contributed by atoms with Crippen LogP contribution in [0.2, 0.25) is 0 Å². The molecule has 0 amide bonds. The Morgan fingerprint density at radius 1 is 1.32 bits per heavy atom. The predicted molar refractivity (Wildman–Crippen MR) is 84.7 cm³/mol. The highest BCUT2D eigenvalue weighted by atomic mass is 32.1. The summed E-state index contributed by atoms with van der Waals surface area (Å²) in [5.41, 5.74) is 1.52. The van der Waals surface area contributed by atoms with Crippen LogP contribution in [-0.2, 0) is 6.54 Å². The van der Waals surface area contributed by atoms with Crippen LogP contribution in [-0.4, -0.2) is 18.0 Å². The molecule has 0 N–H and O–H groups in total. The molecule has 2 aromatic rings. The standard InChI is InChI=1S/C17H23NS/c1-13(2)14-6-5-9-18(10-14)11-15-12-19-17-8-4-3-7-16(15)17/h3-4,7-8,12-14H,5-6,9-11H2,1-2H3. The number of likely N-dealkylation sites (tertiary alicyclic amines) is 1. The molecule has 1 aliphatic heterocycles. The van der Waals surface area contributed by atoms with E-state index in [-0.39, 0.29) is 0 Å². The van der Waals surface area contributed by atoms with Crippen molar-refractivity contribution in [3.05, 3.63) is 35.2 Å². The first kappa shape index (κ1) is 13.1. The molecule has 0 bridgehead atoms. The van der Waals surface area contributed by atoms with Crippen LogP contribution in [0.3, 0.4) is 0 Å². The van der Waals surface area contributed by atoms with E-state index in [2.05, 4.69) is 48.4 Å². The summed E-state index contributed by atoms with van der Waals surface area (Å²) >= 11 is 1.88. The van der Waals surface area contributed by atoms with Crippen molar-refractivity contribution in [2.24, 2.45) is 11.8 Å². The second-order valence-corrected chi connectivity index (χ2v) is 7.05. The van der Waals surface area contributed by atoms with E-state index in [0.717, 1.165) is 18.4 Å². The maximum absolute atomic E-state index is 2.66. The monoisotopic (exact) mass is 273 g/mol. The van der Waals surface area contributed by atoms with Crippen molar-refractivity contribution in [2.75, 3.05) is 13.1 Å². The molecule has 1 fully saturated rings. The Hall–Kier alpha value is -0.860. The number of hydrogen-bond donors (Lipinski definition) is 0. The molecule has 1 nitrogen and oxygen atoms in total. The molecule has 1 unspecified atom stereocenters. The number of nitrogens with zero attached hydrogens (tertiary/aromatic N) is 1. The van der Waals surface area contributed by atoms with Crippen molar-refractivity contribution in [3.8, 4) is 0 Å². The SMILES string of the molecule is CC(C)C1CCCN(Cc2csc3ccccc23)C1. The van der Waals surface area contributed by atoms with Crippen LogP contribution < -0.4 is 0 Å². The van der Waals surface area contributed by atoms with E-state index < -0.39 is 0 Å². The molecule has 1 aromatic heterocycles.